The number of rotatable bonds is 0. The molecule has 2 aliphatic rings. The lowest BCUT2D eigenvalue weighted by Gasteiger charge is -2.28. The van der Waals surface area contributed by atoms with Gasteiger partial charge in [-0.1, -0.05) is 13.8 Å². The standard InChI is InChI=1S/C10H16O2/c1-9(2)6-10(3)5-7(9)4-8(11)12-10/h7H,4-6H2,1-3H3/t7-,10+/m0/s1. The van der Waals surface area contributed by atoms with Crippen LogP contribution in [0, 0.1) is 11.3 Å². The average Bonchev–Trinajstić information content (AvgIpc) is 1.96. The second kappa shape index (κ2) is 2.04. The van der Waals surface area contributed by atoms with E-state index >= 15 is 0 Å². The van der Waals surface area contributed by atoms with E-state index in [2.05, 4.69) is 20.8 Å². The minimum Gasteiger partial charge on any atom is -0.459 e. The third-order valence-corrected chi connectivity index (χ3v) is 3.39. The highest BCUT2D eigenvalue weighted by Gasteiger charge is 2.53. The summed E-state index contributed by atoms with van der Waals surface area (Å²) in [5, 5.41) is 0. The average molecular weight is 168 g/mol. The minimum absolute atomic E-state index is 0.000625. The summed E-state index contributed by atoms with van der Waals surface area (Å²) >= 11 is 0. The molecule has 0 spiro atoms. The zero-order chi connectivity index (χ0) is 8.98. The third-order valence-electron chi connectivity index (χ3n) is 3.39. The Bertz CT molecular complexity index is 232. The van der Waals surface area contributed by atoms with Gasteiger partial charge in [-0.15, -0.1) is 0 Å². The van der Waals surface area contributed by atoms with Crippen LogP contribution >= 0.6 is 0 Å². The topological polar surface area (TPSA) is 26.3 Å². The first-order valence-electron chi connectivity index (χ1n) is 4.63. The van der Waals surface area contributed by atoms with Crippen LogP contribution in [0.25, 0.3) is 0 Å². The summed E-state index contributed by atoms with van der Waals surface area (Å²) in [7, 11) is 0. The summed E-state index contributed by atoms with van der Waals surface area (Å²) in [6.07, 6.45) is 2.71. The van der Waals surface area contributed by atoms with Gasteiger partial charge in [-0.05, 0) is 31.1 Å². The quantitative estimate of drug-likeness (QED) is 0.518. The molecule has 1 saturated heterocycles. The molecule has 2 fully saturated rings. The third kappa shape index (κ3) is 1.05. The van der Waals surface area contributed by atoms with Gasteiger partial charge in [0.05, 0.1) is 0 Å². The van der Waals surface area contributed by atoms with E-state index < -0.39 is 0 Å². The van der Waals surface area contributed by atoms with Crippen molar-refractivity contribution in [3.05, 3.63) is 0 Å². The lowest BCUT2D eigenvalue weighted by molar-refractivity contribution is -0.163. The highest BCUT2D eigenvalue weighted by molar-refractivity contribution is 5.71. The molecule has 2 atom stereocenters. The number of hydrogen-bond donors (Lipinski definition) is 0. The van der Waals surface area contributed by atoms with Crippen LogP contribution in [0.3, 0.4) is 0 Å². The van der Waals surface area contributed by atoms with Gasteiger partial charge in [-0.3, -0.25) is 4.79 Å². The molecule has 0 amide bonds. The Kier molecular flexibility index (Phi) is 1.37. The number of esters is 1. The summed E-state index contributed by atoms with van der Waals surface area (Å²) in [4.78, 5) is 11.2. The number of fused-ring (bicyclic) bond motifs is 2. The molecular weight excluding hydrogens is 152 g/mol. The zero-order valence-corrected chi connectivity index (χ0v) is 8.02. The number of carbonyl (C=O) groups excluding carboxylic acids is 1. The molecule has 1 heterocycles. The van der Waals surface area contributed by atoms with E-state index in [4.69, 9.17) is 4.74 Å². The Morgan fingerprint density at radius 3 is 2.67 bits per heavy atom. The van der Waals surface area contributed by atoms with Gasteiger partial charge in [0.2, 0.25) is 0 Å². The maximum Gasteiger partial charge on any atom is 0.306 e. The molecule has 2 nitrogen and oxygen atoms in total. The molecule has 0 aromatic heterocycles. The van der Waals surface area contributed by atoms with Gasteiger partial charge in [-0.2, -0.15) is 0 Å². The second-order valence-electron chi connectivity index (χ2n) is 5.19. The Morgan fingerprint density at radius 1 is 1.42 bits per heavy atom. The summed E-state index contributed by atoms with van der Waals surface area (Å²) in [6.45, 7) is 6.54. The van der Waals surface area contributed by atoms with Crippen LogP contribution < -0.4 is 0 Å². The van der Waals surface area contributed by atoms with Crippen molar-refractivity contribution in [3.63, 3.8) is 0 Å². The van der Waals surface area contributed by atoms with Crippen molar-refractivity contribution in [1.29, 1.82) is 0 Å². The van der Waals surface area contributed by atoms with E-state index in [1.807, 2.05) is 0 Å². The van der Waals surface area contributed by atoms with Gasteiger partial charge in [0, 0.05) is 6.42 Å². The van der Waals surface area contributed by atoms with Crippen LogP contribution in [-0.4, -0.2) is 11.6 Å². The first-order chi connectivity index (χ1) is 5.41. The van der Waals surface area contributed by atoms with Crippen molar-refractivity contribution < 1.29 is 9.53 Å². The monoisotopic (exact) mass is 168 g/mol. The van der Waals surface area contributed by atoms with E-state index in [1.54, 1.807) is 0 Å². The number of ether oxygens (including phenoxy) is 1. The summed E-state index contributed by atoms with van der Waals surface area (Å²) in [5.74, 6) is 0.545. The molecule has 2 rings (SSSR count). The normalized spacial score (nSPS) is 44.2. The van der Waals surface area contributed by atoms with Gasteiger partial charge in [-0.25, -0.2) is 0 Å². The van der Waals surface area contributed by atoms with E-state index in [1.165, 1.54) is 0 Å². The molecular formula is C10H16O2. The predicted molar refractivity (Wildman–Crippen MR) is 45.6 cm³/mol. The molecule has 12 heavy (non-hydrogen) atoms. The highest BCUT2D eigenvalue weighted by Crippen LogP contribution is 2.54. The van der Waals surface area contributed by atoms with Crippen LogP contribution in [0.4, 0.5) is 0 Å². The largest absolute Gasteiger partial charge is 0.459 e. The fourth-order valence-electron chi connectivity index (χ4n) is 2.92. The molecule has 0 unspecified atom stereocenters. The Morgan fingerprint density at radius 2 is 2.08 bits per heavy atom. The fraction of sp³-hybridized carbons (Fsp3) is 0.900. The molecule has 2 bridgehead atoms. The summed E-state index contributed by atoms with van der Waals surface area (Å²) < 4.78 is 5.36. The summed E-state index contributed by atoms with van der Waals surface area (Å²) in [5.41, 5.74) is 0.143. The van der Waals surface area contributed by atoms with Gasteiger partial charge in [0.1, 0.15) is 5.60 Å². The van der Waals surface area contributed by atoms with E-state index in [0.29, 0.717) is 17.8 Å². The second-order valence-corrected chi connectivity index (χ2v) is 5.19. The molecule has 1 saturated carbocycles. The van der Waals surface area contributed by atoms with Crippen molar-refractivity contribution >= 4 is 5.97 Å². The van der Waals surface area contributed by atoms with Crippen LogP contribution in [-0.2, 0) is 9.53 Å². The Hall–Kier alpha value is -0.530. The fourth-order valence-corrected chi connectivity index (χ4v) is 2.92. The zero-order valence-electron chi connectivity index (χ0n) is 8.02. The first-order valence-corrected chi connectivity index (χ1v) is 4.63. The Labute approximate surface area is 73.3 Å². The minimum atomic E-state index is -0.149. The van der Waals surface area contributed by atoms with Gasteiger partial charge in [0.25, 0.3) is 0 Å². The van der Waals surface area contributed by atoms with Crippen molar-refractivity contribution in [2.75, 3.05) is 0 Å². The lowest BCUT2D eigenvalue weighted by atomic mass is 9.80. The predicted octanol–water partition coefficient (Wildman–Crippen LogP) is 2.13. The van der Waals surface area contributed by atoms with Crippen LogP contribution in [0.1, 0.15) is 40.0 Å². The number of carbonyl (C=O) groups is 1. The maximum atomic E-state index is 11.2. The van der Waals surface area contributed by atoms with Crippen LogP contribution in [0.2, 0.25) is 0 Å². The van der Waals surface area contributed by atoms with Crippen LogP contribution in [0.5, 0.6) is 0 Å². The molecule has 68 valence electrons. The van der Waals surface area contributed by atoms with Crippen molar-refractivity contribution in [3.8, 4) is 0 Å². The maximum absolute atomic E-state index is 11.2. The molecule has 0 radical (unpaired) electrons. The SMILES string of the molecule is CC1(C)C[C@@]2(C)C[C@@H]1CC(=O)O2. The number of hydrogen-bond acceptors (Lipinski definition) is 2. The van der Waals surface area contributed by atoms with Gasteiger partial charge >= 0.3 is 5.97 Å². The molecule has 0 aromatic carbocycles. The molecule has 2 heteroatoms. The highest BCUT2D eigenvalue weighted by atomic mass is 16.6. The molecule has 0 N–H and O–H groups in total. The van der Waals surface area contributed by atoms with Crippen molar-refractivity contribution in [1.82, 2.24) is 0 Å². The molecule has 1 aliphatic carbocycles. The van der Waals surface area contributed by atoms with Gasteiger partial charge in [0.15, 0.2) is 0 Å². The molecule has 0 aromatic rings. The van der Waals surface area contributed by atoms with E-state index in [0.717, 1.165) is 12.8 Å². The van der Waals surface area contributed by atoms with Gasteiger partial charge < -0.3 is 4.74 Å². The first kappa shape index (κ1) is 8.09. The van der Waals surface area contributed by atoms with Crippen LogP contribution in [0.15, 0.2) is 0 Å². The van der Waals surface area contributed by atoms with E-state index in [-0.39, 0.29) is 11.6 Å². The molecule has 1 aliphatic heterocycles. The smallest absolute Gasteiger partial charge is 0.306 e. The van der Waals surface area contributed by atoms with Crippen molar-refractivity contribution in [2.45, 2.75) is 45.6 Å². The van der Waals surface area contributed by atoms with E-state index in [9.17, 15) is 4.79 Å². The lowest BCUT2D eigenvalue weighted by Crippen LogP contribution is -2.32. The Balaban J connectivity index is 2.30. The summed E-state index contributed by atoms with van der Waals surface area (Å²) in [6, 6.07) is 0. The van der Waals surface area contributed by atoms with Crippen molar-refractivity contribution in [2.24, 2.45) is 11.3 Å².